The van der Waals surface area contributed by atoms with Gasteiger partial charge in [-0.15, -0.1) is 11.3 Å². The lowest BCUT2D eigenvalue weighted by Crippen LogP contribution is -2.51. The zero-order valence-corrected chi connectivity index (χ0v) is 24.2. The molecular formula is C24H37F3N8O6S. The SMILES string of the molecule is CC1CCC(C[C@@H](C(=O)N[C@@H](CCCN(C)N=N[N+](=O)[O-])C(=O)Nc2nccs2)[C@H](CCC(F)(F)F)N(O)C=O)CC1. The highest BCUT2D eigenvalue weighted by molar-refractivity contribution is 7.13. The van der Waals surface area contributed by atoms with Gasteiger partial charge in [-0.1, -0.05) is 32.6 Å². The maximum Gasteiger partial charge on any atom is 0.389 e. The van der Waals surface area contributed by atoms with Gasteiger partial charge in [0.15, 0.2) is 10.4 Å². The lowest BCUT2D eigenvalue weighted by atomic mass is 9.76. The Labute approximate surface area is 244 Å². The summed E-state index contributed by atoms with van der Waals surface area (Å²) in [6, 6.07) is -2.65. The Balaban J connectivity index is 2.27. The Hall–Kier alpha value is -3.41. The summed E-state index contributed by atoms with van der Waals surface area (Å²) in [6.07, 6.45) is -1.58. The average Bonchev–Trinajstić information content (AvgIpc) is 3.43. The molecule has 1 saturated carbocycles. The molecule has 42 heavy (non-hydrogen) atoms. The van der Waals surface area contributed by atoms with Crippen molar-refractivity contribution < 1.29 is 37.8 Å². The third kappa shape index (κ3) is 12.6. The van der Waals surface area contributed by atoms with Crippen LogP contribution in [-0.4, -0.2) is 75.4 Å². The average molecular weight is 623 g/mol. The summed E-state index contributed by atoms with van der Waals surface area (Å²) in [4.78, 5) is 52.7. The Morgan fingerprint density at radius 1 is 1.29 bits per heavy atom. The second-order valence-corrected chi connectivity index (χ2v) is 11.4. The van der Waals surface area contributed by atoms with Crippen LogP contribution < -0.4 is 10.6 Å². The van der Waals surface area contributed by atoms with Crippen LogP contribution in [0.15, 0.2) is 22.0 Å². The molecule has 0 aromatic carbocycles. The maximum absolute atomic E-state index is 13.7. The van der Waals surface area contributed by atoms with Gasteiger partial charge < -0.3 is 20.7 Å². The number of nitrogens with one attached hydrogen (secondary N) is 2. The zero-order valence-electron chi connectivity index (χ0n) is 23.4. The van der Waals surface area contributed by atoms with Crippen molar-refractivity contribution in [2.45, 2.75) is 83.0 Å². The molecule has 14 nitrogen and oxygen atoms in total. The highest BCUT2D eigenvalue weighted by Gasteiger charge is 2.39. The lowest BCUT2D eigenvalue weighted by Gasteiger charge is -2.35. The van der Waals surface area contributed by atoms with E-state index in [0.717, 1.165) is 37.0 Å². The molecule has 0 aliphatic heterocycles. The molecule has 3 amide bonds. The number of carbonyl (C=O) groups is 3. The first-order valence-corrected chi connectivity index (χ1v) is 14.4. The summed E-state index contributed by atoms with van der Waals surface area (Å²) in [5.74, 6) is -2.19. The van der Waals surface area contributed by atoms with Crippen molar-refractivity contribution in [2.24, 2.45) is 28.2 Å². The number of nitrogens with zero attached hydrogens (tertiary/aromatic N) is 6. The van der Waals surface area contributed by atoms with Crippen LogP contribution >= 0.6 is 11.3 Å². The fourth-order valence-corrected chi connectivity index (χ4v) is 5.50. The van der Waals surface area contributed by atoms with Crippen LogP contribution in [0.5, 0.6) is 0 Å². The Morgan fingerprint density at radius 2 is 1.98 bits per heavy atom. The van der Waals surface area contributed by atoms with E-state index in [-0.39, 0.29) is 48.3 Å². The second kappa shape index (κ2) is 16.9. The minimum Gasteiger partial charge on any atom is -0.344 e. The molecule has 0 unspecified atom stereocenters. The van der Waals surface area contributed by atoms with Crippen LogP contribution in [-0.2, 0) is 14.4 Å². The molecule has 0 spiro atoms. The molecule has 0 radical (unpaired) electrons. The van der Waals surface area contributed by atoms with Crippen molar-refractivity contribution >= 4 is 34.7 Å². The number of hydrogen-bond donors (Lipinski definition) is 3. The van der Waals surface area contributed by atoms with Crippen LogP contribution in [0.1, 0.15) is 64.7 Å². The quantitative estimate of drug-likeness (QED) is 0.0758. The van der Waals surface area contributed by atoms with Crippen molar-refractivity contribution in [1.29, 1.82) is 0 Å². The predicted molar refractivity (Wildman–Crippen MR) is 144 cm³/mol. The largest absolute Gasteiger partial charge is 0.389 e. The molecule has 1 aromatic rings. The van der Waals surface area contributed by atoms with E-state index in [2.05, 4.69) is 33.0 Å². The number of alkyl halides is 3. The topological polar surface area (TPSA) is 183 Å². The minimum absolute atomic E-state index is 0.0198. The van der Waals surface area contributed by atoms with E-state index in [1.807, 2.05) is 0 Å². The summed E-state index contributed by atoms with van der Waals surface area (Å²) in [7, 11) is 1.43. The first kappa shape index (κ1) is 34.8. The molecule has 0 saturated heterocycles. The van der Waals surface area contributed by atoms with Gasteiger partial charge in [-0.3, -0.25) is 19.6 Å². The highest BCUT2D eigenvalue weighted by Crippen LogP contribution is 2.35. The number of rotatable bonds is 17. The monoisotopic (exact) mass is 622 g/mol. The smallest absolute Gasteiger partial charge is 0.344 e. The van der Waals surface area contributed by atoms with E-state index in [0.29, 0.717) is 5.92 Å². The number of anilines is 1. The van der Waals surface area contributed by atoms with Gasteiger partial charge in [0.05, 0.1) is 23.5 Å². The maximum atomic E-state index is 13.7. The number of amides is 3. The summed E-state index contributed by atoms with van der Waals surface area (Å²) in [5.41, 5.74) is 0. The second-order valence-electron chi connectivity index (χ2n) is 10.5. The van der Waals surface area contributed by atoms with E-state index < -0.39 is 53.9 Å². The van der Waals surface area contributed by atoms with E-state index in [9.17, 15) is 42.9 Å². The number of hydrogen-bond acceptors (Lipinski definition) is 9. The van der Waals surface area contributed by atoms with E-state index in [4.69, 9.17) is 0 Å². The molecule has 3 atom stereocenters. The molecule has 236 valence electrons. The van der Waals surface area contributed by atoms with Crippen molar-refractivity contribution in [3.05, 3.63) is 21.7 Å². The Morgan fingerprint density at radius 3 is 2.55 bits per heavy atom. The molecular weight excluding hydrogens is 585 g/mol. The molecule has 1 heterocycles. The molecule has 1 aliphatic rings. The van der Waals surface area contributed by atoms with Crippen LogP contribution in [0, 0.1) is 27.9 Å². The molecule has 0 bridgehead atoms. The molecule has 1 aliphatic carbocycles. The Kier molecular flexibility index (Phi) is 14.0. The summed E-state index contributed by atoms with van der Waals surface area (Å²) in [5, 5.41) is 34.2. The molecule has 1 aromatic heterocycles. The zero-order chi connectivity index (χ0) is 31.3. The van der Waals surface area contributed by atoms with Gasteiger partial charge in [0.1, 0.15) is 6.04 Å². The number of hydroxylamine groups is 2. The third-order valence-electron chi connectivity index (χ3n) is 7.23. The van der Waals surface area contributed by atoms with Gasteiger partial charge in [-0.25, -0.2) is 10.0 Å². The highest BCUT2D eigenvalue weighted by atomic mass is 32.1. The van der Waals surface area contributed by atoms with Gasteiger partial charge in [0, 0.05) is 25.0 Å². The van der Waals surface area contributed by atoms with Crippen molar-refractivity contribution in [2.75, 3.05) is 18.9 Å². The molecule has 1 fully saturated rings. The van der Waals surface area contributed by atoms with Crippen LogP contribution in [0.25, 0.3) is 0 Å². The predicted octanol–water partition coefficient (Wildman–Crippen LogP) is 4.23. The standard InChI is InChI=1S/C24H37F3N8O6S/c1-16-5-7-17(8-6-16)14-18(20(34(39)15-36)9-10-24(25,26)27)21(37)29-19(22(38)30-23-28-11-13-42-23)4-3-12-33(2)31-32-35(40)41/h11,13,15-20,39H,3-10,12,14H2,1-2H3,(H,29,37)(H,28,30,38)/t16?,17?,18-,19+,20+/m1/s1. The minimum atomic E-state index is -4.59. The van der Waals surface area contributed by atoms with Gasteiger partial charge in [0.25, 0.3) is 0 Å². The van der Waals surface area contributed by atoms with E-state index in [1.165, 1.54) is 18.3 Å². The van der Waals surface area contributed by atoms with Crippen molar-refractivity contribution in [3.63, 3.8) is 0 Å². The lowest BCUT2D eigenvalue weighted by molar-refractivity contribution is -0.496. The van der Waals surface area contributed by atoms with Crippen molar-refractivity contribution in [1.82, 2.24) is 20.4 Å². The summed E-state index contributed by atoms with van der Waals surface area (Å²) >= 11 is 1.14. The molecule has 2 rings (SSSR count). The normalized spacial score (nSPS) is 19.5. The van der Waals surface area contributed by atoms with E-state index >= 15 is 0 Å². The summed E-state index contributed by atoms with van der Waals surface area (Å²) in [6.45, 7) is 2.22. The number of thiazole rings is 1. The van der Waals surface area contributed by atoms with Crippen LogP contribution in [0.3, 0.4) is 0 Å². The van der Waals surface area contributed by atoms with Gasteiger partial charge in [-0.05, 0) is 37.5 Å². The molecule has 18 heteroatoms. The number of aromatic nitrogens is 1. The Bertz CT molecular complexity index is 1040. The summed E-state index contributed by atoms with van der Waals surface area (Å²) < 4.78 is 39.4. The van der Waals surface area contributed by atoms with Crippen LogP contribution in [0.2, 0.25) is 0 Å². The first-order valence-electron chi connectivity index (χ1n) is 13.6. The number of nitro groups is 1. The third-order valence-corrected chi connectivity index (χ3v) is 7.92. The fraction of sp³-hybridized carbons (Fsp3) is 0.750. The van der Waals surface area contributed by atoms with Gasteiger partial charge in [0.2, 0.25) is 23.4 Å². The molecule has 3 N–H and O–H groups in total. The van der Waals surface area contributed by atoms with Gasteiger partial charge >= 0.3 is 6.18 Å². The first-order chi connectivity index (χ1) is 19.8. The number of halogens is 3. The number of carbonyl (C=O) groups excluding carboxylic acids is 3. The van der Waals surface area contributed by atoms with Crippen LogP contribution in [0.4, 0.5) is 18.3 Å². The van der Waals surface area contributed by atoms with Gasteiger partial charge in [-0.2, -0.15) is 18.2 Å². The van der Waals surface area contributed by atoms with Crippen molar-refractivity contribution in [3.8, 4) is 0 Å². The van der Waals surface area contributed by atoms with E-state index in [1.54, 1.807) is 5.38 Å². The fourth-order valence-electron chi connectivity index (χ4n) is 4.97.